The lowest BCUT2D eigenvalue weighted by atomic mass is 9.94. The zero-order valence-corrected chi connectivity index (χ0v) is 12.6. The molecule has 1 amide bonds. The molecule has 1 aromatic carbocycles. The Morgan fingerprint density at radius 1 is 1.27 bits per heavy atom. The van der Waals surface area contributed by atoms with Crippen molar-refractivity contribution in [3.63, 3.8) is 0 Å². The molecule has 0 aliphatic carbocycles. The number of pyridine rings is 1. The standard InChI is InChI=1S/C18H21N3O/c19-18(22)15-6-1-5-14(11-15)17-8-2-7-16(21-17)10-13-4-3-9-20-12-13/h1-2,5-8,11,13,20H,3-4,9-10,12H2,(H2,19,22). The largest absolute Gasteiger partial charge is 0.366 e. The van der Waals surface area contributed by atoms with Gasteiger partial charge in [-0.15, -0.1) is 0 Å². The molecule has 3 rings (SSSR count). The Labute approximate surface area is 130 Å². The third kappa shape index (κ3) is 3.52. The van der Waals surface area contributed by atoms with Crippen LogP contribution in [0.25, 0.3) is 11.3 Å². The summed E-state index contributed by atoms with van der Waals surface area (Å²) in [5, 5.41) is 3.44. The van der Waals surface area contributed by atoms with Crippen LogP contribution in [0.5, 0.6) is 0 Å². The highest BCUT2D eigenvalue weighted by molar-refractivity contribution is 5.93. The maximum absolute atomic E-state index is 11.3. The quantitative estimate of drug-likeness (QED) is 0.910. The van der Waals surface area contributed by atoms with Crippen LogP contribution in [0.4, 0.5) is 0 Å². The van der Waals surface area contributed by atoms with E-state index in [1.807, 2.05) is 24.3 Å². The predicted octanol–water partition coefficient (Wildman–Crippen LogP) is 2.39. The molecular formula is C18H21N3O. The average molecular weight is 295 g/mol. The van der Waals surface area contributed by atoms with Crippen LogP contribution in [0.3, 0.4) is 0 Å². The van der Waals surface area contributed by atoms with E-state index in [1.165, 1.54) is 12.8 Å². The number of piperidine rings is 1. The van der Waals surface area contributed by atoms with Gasteiger partial charge in [-0.05, 0) is 62.5 Å². The summed E-state index contributed by atoms with van der Waals surface area (Å²) in [6, 6.07) is 13.4. The minimum absolute atomic E-state index is 0.411. The first-order valence-electron chi connectivity index (χ1n) is 7.79. The van der Waals surface area contributed by atoms with Crippen molar-refractivity contribution in [2.75, 3.05) is 13.1 Å². The highest BCUT2D eigenvalue weighted by Gasteiger charge is 2.14. The summed E-state index contributed by atoms with van der Waals surface area (Å²) in [6.45, 7) is 2.20. The average Bonchev–Trinajstić information content (AvgIpc) is 2.56. The van der Waals surface area contributed by atoms with Gasteiger partial charge in [0, 0.05) is 16.8 Å². The van der Waals surface area contributed by atoms with Crippen LogP contribution < -0.4 is 11.1 Å². The number of rotatable bonds is 4. The Morgan fingerprint density at radius 2 is 2.14 bits per heavy atom. The molecule has 0 bridgehead atoms. The van der Waals surface area contributed by atoms with Gasteiger partial charge in [-0.3, -0.25) is 9.78 Å². The van der Waals surface area contributed by atoms with Gasteiger partial charge in [0.15, 0.2) is 0 Å². The summed E-state index contributed by atoms with van der Waals surface area (Å²) < 4.78 is 0. The van der Waals surface area contributed by atoms with E-state index < -0.39 is 5.91 Å². The molecule has 0 spiro atoms. The van der Waals surface area contributed by atoms with Gasteiger partial charge in [0.1, 0.15) is 0 Å². The fourth-order valence-corrected chi connectivity index (χ4v) is 2.98. The minimum Gasteiger partial charge on any atom is -0.366 e. The fourth-order valence-electron chi connectivity index (χ4n) is 2.98. The Balaban J connectivity index is 1.81. The number of nitrogens with one attached hydrogen (secondary N) is 1. The first-order chi connectivity index (χ1) is 10.7. The summed E-state index contributed by atoms with van der Waals surface area (Å²) >= 11 is 0. The number of primary amides is 1. The van der Waals surface area contributed by atoms with Crippen molar-refractivity contribution in [1.29, 1.82) is 0 Å². The predicted molar refractivity (Wildman–Crippen MR) is 87.5 cm³/mol. The van der Waals surface area contributed by atoms with Gasteiger partial charge >= 0.3 is 0 Å². The van der Waals surface area contributed by atoms with Gasteiger partial charge in [-0.2, -0.15) is 0 Å². The van der Waals surface area contributed by atoms with E-state index in [4.69, 9.17) is 10.7 Å². The fraction of sp³-hybridized carbons (Fsp3) is 0.333. The number of carbonyl (C=O) groups is 1. The molecular weight excluding hydrogens is 274 g/mol. The molecule has 1 aromatic heterocycles. The number of benzene rings is 1. The Bertz CT molecular complexity index is 663. The Hall–Kier alpha value is -2.20. The van der Waals surface area contributed by atoms with Crippen molar-refractivity contribution in [2.45, 2.75) is 19.3 Å². The zero-order valence-electron chi connectivity index (χ0n) is 12.6. The van der Waals surface area contributed by atoms with Gasteiger partial charge in [-0.1, -0.05) is 18.2 Å². The second kappa shape index (κ2) is 6.71. The van der Waals surface area contributed by atoms with E-state index in [9.17, 15) is 4.79 Å². The van der Waals surface area contributed by atoms with Crippen molar-refractivity contribution >= 4 is 5.91 Å². The van der Waals surface area contributed by atoms with Crippen LogP contribution in [0, 0.1) is 5.92 Å². The maximum atomic E-state index is 11.3. The molecule has 0 saturated carbocycles. The molecule has 4 heteroatoms. The van der Waals surface area contributed by atoms with Gasteiger partial charge in [-0.25, -0.2) is 0 Å². The van der Waals surface area contributed by atoms with Crippen molar-refractivity contribution in [3.8, 4) is 11.3 Å². The number of nitrogens with zero attached hydrogens (tertiary/aromatic N) is 1. The number of hydrogen-bond acceptors (Lipinski definition) is 3. The molecule has 4 nitrogen and oxygen atoms in total. The molecule has 1 aliphatic heterocycles. The van der Waals surface area contributed by atoms with Crippen LogP contribution in [-0.2, 0) is 6.42 Å². The van der Waals surface area contributed by atoms with E-state index in [0.717, 1.165) is 36.5 Å². The molecule has 2 heterocycles. The maximum Gasteiger partial charge on any atom is 0.248 e. The minimum atomic E-state index is -0.411. The monoisotopic (exact) mass is 295 g/mol. The number of hydrogen-bond donors (Lipinski definition) is 2. The van der Waals surface area contributed by atoms with E-state index >= 15 is 0 Å². The number of aromatic nitrogens is 1. The second-order valence-electron chi connectivity index (χ2n) is 5.88. The van der Waals surface area contributed by atoms with Crippen molar-refractivity contribution in [3.05, 3.63) is 53.7 Å². The first-order valence-corrected chi connectivity index (χ1v) is 7.79. The van der Waals surface area contributed by atoms with Crippen molar-refractivity contribution < 1.29 is 4.79 Å². The first kappa shape index (κ1) is 14.7. The number of carbonyl (C=O) groups excluding carboxylic acids is 1. The SMILES string of the molecule is NC(=O)c1cccc(-c2cccc(CC3CCCNC3)n2)c1. The van der Waals surface area contributed by atoms with Crippen molar-refractivity contribution in [1.82, 2.24) is 10.3 Å². The van der Waals surface area contributed by atoms with E-state index in [0.29, 0.717) is 11.5 Å². The molecule has 1 fully saturated rings. The topological polar surface area (TPSA) is 68.0 Å². The summed E-state index contributed by atoms with van der Waals surface area (Å²) in [4.78, 5) is 16.1. The lowest BCUT2D eigenvalue weighted by Crippen LogP contribution is -2.31. The number of amides is 1. The molecule has 114 valence electrons. The highest BCUT2D eigenvalue weighted by atomic mass is 16.1. The van der Waals surface area contributed by atoms with Gasteiger partial charge in [0.25, 0.3) is 0 Å². The Morgan fingerprint density at radius 3 is 2.91 bits per heavy atom. The third-order valence-electron chi connectivity index (χ3n) is 4.15. The highest BCUT2D eigenvalue weighted by Crippen LogP contribution is 2.21. The summed E-state index contributed by atoms with van der Waals surface area (Å²) in [5.41, 5.74) is 8.79. The van der Waals surface area contributed by atoms with Gasteiger partial charge < -0.3 is 11.1 Å². The lowest BCUT2D eigenvalue weighted by Gasteiger charge is -2.22. The molecule has 1 atom stereocenters. The summed E-state index contributed by atoms with van der Waals surface area (Å²) in [5.74, 6) is 0.250. The Kier molecular flexibility index (Phi) is 4.49. The number of nitrogens with two attached hydrogens (primary N) is 1. The van der Waals surface area contributed by atoms with Crippen LogP contribution in [0.15, 0.2) is 42.5 Å². The van der Waals surface area contributed by atoms with E-state index in [1.54, 1.807) is 12.1 Å². The van der Waals surface area contributed by atoms with Crippen molar-refractivity contribution in [2.24, 2.45) is 11.7 Å². The molecule has 0 radical (unpaired) electrons. The molecule has 1 unspecified atom stereocenters. The van der Waals surface area contributed by atoms with Crippen LogP contribution in [-0.4, -0.2) is 24.0 Å². The van der Waals surface area contributed by atoms with E-state index in [2.05, 4.69) is 11.4 Å². The molecule has 1 aliphatic rings. The van der Waals surface area contributed by atoms with Crippen LogP contribution in [0.2, 0.25) is 0 Å². The second-order valence-corrected chi connectivity index (χ2v) is 5.88. The van der Waals surface area contributed by atoms with E-state index in [-0.39, 0.29) is 0 Å². The summed E-state index contributed by atoms with van der Waals surface area (Å²) in [7, 11) is 0. The van der Waals surface area contributed by atoms with Crippen LogP contribution >= 0.6 is 0 Å². The molecule has 1 saturated heterocycles. The molecule has 2 aromatic rings. The summed E-state index contributed by atoms with van der Waals surface area (Å²) in [6.07, 6.45) is 3.50. The lowest BCUT2D eigenvalue weighted by molar-refractivity contribution is 0.100. The normalized spacial score (nSPS) is 18.1. The van der Waals surface area contributed by atoms with Gasteiger partial charge in [0.2, 0.25) is 5.91 Å². The van der Waals surface area contributed by atoms with Crippen LogP contribution in [0.1, 0.15) is 28.9 Å². The third-order valence-corrected chi connectivity index (χ3v) is 4.15. The molecule has 3 N–H and O–H groups in total. The zero-order chi connectivity index (χ0) is 15.4. The molecule has 22 heavy (non-hydrogen) atoms. The smallest absolute Gasteiger partial charge is 0.248 e. The van der Waals surface area contributed by atoms with Gasteiger partial charge in [0.05, 0.1) is 5.69 Å².